The molecule has 0 aliphatic carbocycles. The van der Waals surface area contributed by atoms with Crippen LogP contribution in [0.2, 0.25) is 0 Å². The maximum absolute atomic E-state index is 4.03. The summed E-state index contributed by atoms with van der Waals surface area (Å²) in [7, 11) is 0. The lowest BCUT2D eigenvalue weighted by atomic mass is 10.2. The second kappa shape index (κ2) is 5.52. The topological polar surface area (TPSA) is 37.8 Å². The van der Waals surface area contributed by atoms with Crippen LogP contribution in [0.15, 0.2) is 34.2 Å². The summed E-state index contributed by atoms with van der Waals surface area (Å²) in [6.07, 6.45) is 1.68. The van der Waals surface area contributed by atoms with Crippen LogP contribution in [0.5, 0.6) is 0 Å². The second-order valence-corrected chi connectivity index (χ2v) is 5.34. The van der Waals surface area contributed by atoms with Crippen LogP contribution in [0.1, 0.15) is 23.5 Å². The first-order valence-electron chi connectivity index (χ1n) is 4.99. The van der Waals surface area contributed by atoms with Crippen molar-refractivity contribution in [3.8, 4) is 0 Å². The zero-order valence-electron chi connectivity index (χ0n) is 8.85. The SMILES string of the molecule is CC(NCc1cccnn1)c1cc(Br)cs1. The minimum Gasteiger partial charge on any atom is -0.304 e. The highest BCUT2D eigenvalue weighted by Gasteiger charge is 2.07. The van der Waals surface area contributed by atoms with Crippen molar-refractivity contribution in [2.24, 2.45) is 0 Å². The molecule has 2 aromatic heterocycles. The largest absolute Gasteiger partial charge is 0.304 e. The van der Waals surface area contributed by atoms with Crippen molar-refractivity contribution < 1.29 is 0 Å². The number of nitrogens with zero attached hydrogens (tertiary/aromatic N) is 2. The van der Waals surface area contributed by atoms with E-state index in [1.165, 1.54) is 4.88 Å². The average molecular weight is 298 g/mol. The van der Waals surface area contributed by atoms with Gasteiger partial charge >= 0.3 is 0 Å². The molecule has 0 aliphatic rings. The number of rotatable bonds is 4. The van der Waals surface area contributed by atoms with E-state index < -0.39 is 0 Å². The van der Waals surface area contributed by atoms with Crippen LogP contribution in [-0.4, -0.2) is 10.2 Å². The maximum atomic E-state index is 4.03. The number of halogens is 1. The Morgan fingerprint density at radius 2 is 2.44 bits per heavy atom. The molecule has 2 rings (SSSR count). The van der Waals surface area contributed by atoms with E-state index in [1.54, 1.807) is 17.5 Å². The normalized spacial score (nSPS) is 12.6. The molecule has 0 aliphatic heterocycles. The quantitative estimate of drug-likeness (QED) is 0.942. The third kappa shape index (κ3) is 3.10. The Kier molecular flexibility index (Phi) is 4.04. The van der Waals surface area contributed by atoms with Gasteiger partial charge < -0.3 is 5.32 Å². The number of nitrogens with one attached hydrogen (secondary N) is 1. The van der Waals surface area contributed by atoms with Crippen molar-refractivity contribution >= 4 is 27.3 Å². The van der Waals surface area contributed by atoms with Gasteiger partial charge in [0.2, 0.25) is 0 Å². The predicted molar refractivity (Wildman–Crippen MR) is 69.3 cm³/mol. The van der Waals surface area contributed by atoms with Crippen molar-refractivity contribution in [1.82, 2.24) is 15.5 Å². The third-order valence-electron chi connectivity index (χ3n) is 2.23. The standard InChI is InChI=1S/C11H12BrN3S/c1-8(11-5-9(12)7-16-11)13-6-10-3-2-4-14-15-10/h2-5,7-8,13H,6H2,1H3. The molecule has 16 heavy (non-hydrogen) atoms. The third-order valence-corrected chi connectivity index (χ3v) is 4.11. The summed E-state index contributed by atoms with van der Waals surface area (Å²) >= 11 is 5.20. The zero-order chi connectivity index (χ0) is 11.4. The van der Waals surface area contributed by atoms with E-state index in [0.29, 0.717) is 6.04 Å². The molecular weight excluding hydrogens is 286 g/mol. The Morgan fingerprint density at radius 3 is 3.06 bits per heavy atom. The Hall–Kier alpha value is -0.780. The average Bonchev–Trinajstić information content (AvgIpc) is 2.74. The molecule has 1 unspecified atom stereocenters. The summed E-state index contributed by atoms with van der Waals surface area (Å²) in [4.78, 5) is 1.32. The molecule has 3 nitrogen and oxygen atoms in total. The Labute approximate surface area is 107 Å². The van der Waals surface area contributed by atoms with Gasteiger partial charge in [0.25, 0.3) is 0 Å². The highest BCUT2D eigenvalue weighted by molar-refractivity contribution is 9.10. The fourth-order valence-corrected chi connectivity index (χ4v) is 2.82. The lowest BCUT2D eigenvalue weighted by Crippen LogP contribution is -2.18. The molecular formula is C11H12BrN3S. The Bertz CT molecular complexity index is 444. The molecule has 0 fully saturated rings. The zero-order valence-corrected chi connectivity index (χ0v) is 11.3. The number of hydrogen-bond acceptors (Lipinski definition) is 4. The van der Waals surface area contributed by atoms with Crippen LogP contribution in [0.25, 0.3) is 0 Å². The van der Waals surface area contributed by atoms with E-state index in [4.69, 9.17) is 0 Å². The highest BCUT2D eigenvalue weighted by atomic mass is 79.9. The first kappa shape index (κ1) is 11.7. The van der Waals surface area contributed by atoms with Crippen LogP contribution in [0, 0.1) is 0 Å². The van der Waals surface area contributed by atoms with Gasteiger partial charge in [-0.15, -0.1) is 11.3 Å². The van der Waals surface area contributed by atoms with Gasteiger partial charge in [0.05, 0.1) is 5.69 Å². The summed E-state index contributed by atoms with van der Waals surface area (Å²) < 4.78 is 1.14. The van der Waals surface area contributed by atoms with Crippen molar-refractivity contribution in [2.75, 3.05) is 0 Å². The van der Waals surface area contributed by atoms with E-state index in [2.05, 4.69) is 49.8 Å². The molecule has 1 N–H and O–H groups in total. The molecule has 0 saturated heterocycles. The van der Waals surface area contributed by atoms with Crippen LogP contribution in [-0.2, 0) is 6.54 Å². The highest BCUT2D eigenvalue weighted by Crippen LogP contribution is 2.25. The van der Waals surface area contributed by atoms with Crippen molar-refractivity contribution in [3.05, 3.63) is 44.8 Å². The molecule has 0 bridgehead atoms. The van der Waals surface area contributed by atoms with Crippen LogP contribution in [0.3, 0.4) is 0 Å². The molecule has 5 heteroatoms. The Balaban J connectivity index is 1.91. The van der Waals surface area contributed by atoms with E-state index in [1.807, 2.05) is 12.1 Å². The van der Waals surface area contributed by atoms with Crippen molar-refractivity contribution in [1.29, 1.82) is 0 Å². The second-order valence-electron chi connectivity index (χ2n) is 3.48. The minimum absolute atomic E-state index is 0.332. The van der Waals surface area contributed by atoms with Gasteiger partial charge in [-0.25, -0.2) is 0 Å². The van der Waals surface area contributed by atoms with Gasteiger partial charge in [-0.3, -0.25) is 0 Å². The number of hydrogen-bond donors (Lipinski definition) is 1. The van der Waals surface area contributed by atoms with Gasteiger partial charge in [0.15, 0.2) is 0 Å². The van der Waals surface area contributed by atoms with Crippen LogP contribution >= 0.6 is 27.3 Å². The van der Waals surface area contributed by atoms with E-state index in [0.717, 1.165) is 16.7 Å². The first-order chi connectivity index (χ1) is 7.75. The Morgan fingerprint density at radius 1 is 1.56 bits per heavy atom. The summed E-state index contributed by atoms with van der Waals surface area (Å²) in [5, 5.41) is 13.4. The smallest absolute Gasteiger partial charge is 0.0769 e. The summed E-state index contributed by atoms with van der Waals surface area (Å²) in [5.41, 5.74) is 0.963. The van der Waals surface area contributed by atoms with E-state index in [-0.39, 0.29) is 0 Å². The summed E-state index contributed by atoms with van der Waals surface area (Å²) in [5.74, 6) is 0. The predicted octanol–water partition coefficient (Wildman–Crippen LogP) is 3.15. The van der Waals surface area contributed by atoms with E-state index >= 15 is 0 Å². The van der Waals surface area contributed by atoms with Gasteiger partial charge in [0, 0.05) is 33.5 Å². The van der Waals surface area contributed by atoms with Gasteiger partial charge in [-0.1, -0.05) is 0 Å². The molecule has 0 amide bonds. The lowest BCUT2D eigenvalue weighted by molar-refractivity contribution is 0.571. The number of thiophene rings is 1. The van der Waals surface area contributed by atoms with Crippen LogP contribution in [0.4, 0.5) is 0 Å². The molecule has 84 valence electrons. The fraction of sp³-hybridized carbons (Fsp3) is 0.273. The maximum Gasteiger partial charge on any atom is 0.0769 e. The van der Waals surface area contributed by atoms with Gasteiger partial charge in [-0.2, -0.15) is 10.2 Å². The number of aromatic nitrogens is 2. The van der Waals surface area contributed by atoms with Gasteiger partial charge in [-0.05, 0) is 41.1 Å². The fourth-order valence-electron chi connectivity index (χ4n) is 1.34. The summed E-state index contributed by atoms with van der Waals surface area (Å²) in [6, 6.07) is 6.34. The first-order valence-corrected chi connectivity index (χ1v) is 6.67. The molecule has 0 aromatic carbocycles. The monoisotopic (exact) mass is 297 g/mol. The van der Waals surface area contributed by atoms with Crippen LogP contribution < -0.4 is 5.32 Å². The molecule has 0 spiro atoms. The summed E-state index contributed by atoms with van der Waals surface area (Å²) in [6.45, 7) is 2.89. The molecule has 2 heterocycles. The van der Waals surface area contributed by atoms with E-state index in [9.17, 15) is 0 Å². The molecule has 0 radical (unpaired) electrons. The van der Waals surface area contributed by atoms with Crippen molar-refractivity contribution in [3.63, 3.8) is 0 Å². The minimum atomic E-state index is 0.332. The lowest BCUT2D eigenvalue weighted by Gasteiger charge is -2.10. The van der Waals surface area contributed by atoms with Crippen molar-refractivity contribution in [2.45, 2.75) is 19.5 Å². The van der Waals surface area contributed by atoms with Gasteiger partial charge in [0.1, 0.15) is 0 Å². The molecule has 1 atom stereocenters. The molecule has 2 aromatic rings. The molecule has 0 saturated carbocycles.